The number of aliphatic imine (C=N–C) groups is 1. The molecule has 3 aromatic carbocycles. The minimum Gasteiger partial charge on any atom is -0.486 e. The van der Waals surface area contributed by atoms with Crippen molar-refractivity contribution in [1.29, 1.82) is 0 Å². The van der Waals surface area contributed by atoms with Gasteiger partial charge in [-0.2, -0.15) is 0 Å². The molecule has 1 amide bonds. The molecule has 1 aliphatic rings. The van der Waals surface area contributed by atoms with E-state index < -0.39 is 0 Å². The molecule has 5 nitrogen and oxygen atoms in total. The van der Waals surface area contributed by atoms with Crippen molar-refractivity contribution in [2.24, 2.45) is 10.9 Å². The fourth-order valence-corrected chi connectivity index (χ4v) is 5.39. The van der Waals surface area contributed by atoms with Gasteiger partial charge in [0.25, 0.3) is 5.91 Å². The number of nitrogens with zero attached hydrogens (tertiary/aromatic N) is 3. The number of halogens is 3. The van der Waals surface area contributed by atoms with Crippen LogP contribution in [0.4, 0.5) is 15.8 Å². The molecule has 0 radical (unpaired) electrons. The van der Waals surface area contributed by atoms with E-state index >= 15 is 0 Å². The Morgan fingerprint density at radius 2 is 1.74 bits per heavy atom. The minimum atomic E-state index is -0.366. The van der Waals surface area contributed by atoms with E-state index in [1.54, 1.807) is 41.3 Å². The molecule has 0 unspecified atom stereocenters. The predicted molar refractivity (Wildman–Crippen MR) is 157 cm³/mol. The molecule has 0 atom stereocenters. The second-order valence-corrected chi connectivity index (χ2v) is 11.2. The fraction of sp³-hybridized carbons (Fsp3) is 0.241. The zero-order chi connectivity index (χ0) is 27.4. The van der Waals surface area contributed by atoms with Gasteiger partial charge in [0.15, 0.2) is 10.9 Å². The van der Waals surface area contributed by atoms with Gasteiger partial charge in [-0.3, -0.25) is 9.69 Å². The van der Waals surface area contributed by atoms with Gasteiger partial charge in [0.2, 0.25) is 0 Å². The van der Waals surface area contributed by atoms with E-state index in [-0.39, 0.29) is 40.0 Å². The largest absolute Gasteiger partial charge is 0.486 e. The lowest BCUT2D eigenvalue weighted by atomic mass is 10.2. The van der Waals surface area contributed by atoms with Crippen LogP contribution in [0, 0.1) is 11.7 Å². The molecule has 0 aromatic heterocycles. The topological polar surface area (TPSA) is 45.1 Å². The molecule has 1 saturated heterocycles. The van der Waals surface area contributed by atoms with Gasteiger partial charge in [-0.15, -0.1) is 0 Å². The summed E-state index contributed by atoms with van der Waals surface area (Å²) >= 11 is 14.3. The van der Waals surface area contributed by atoms with Crippen molar-refractivity contribution in [2.75, 3.05) is 25.5 Å². The number of benzene rings is 3. The Morgan fingerprint density at radius 1 is 1.08 bits per heavy atom. The maximum atomic E-state index is 13.9. The summed E-state index contributed by atoms with van der Waals surface area (Å²) in [5.41, 5.74) is 2.88. The summed E-state index contributed by atoms with van der Waals surface area (Å²) in [7, 11) is 3.96. The second-order valence-electron chi connectivity index (χ2n) is 9.42. The molecule has 1 heterocycles. The monoisotopic (exact) mass is 571 g/mol. The molecule has 1 fully saturated rings. The van der Waals surface area contributed by atoms with Crippen molar-refractivity contribution in [3.8, 4) is 5.75 Å². The van der Waals surface area contributed by atoms with Crippen LogP contribution in [0.3, 0.4) is 0 Å². The number of carbonyl (C=O) groups is 1. The number of ether oxygens (including phenoxy) is 1. The maximum absolute atomic E-state index is 13.9. The van der Waals surface area contributed by atoms with Gasteiger partial charge in [0.1, 0.15) is 12.4 Å². The molecule has 1 aliphatic heterocycles. The maximum Gasteiger partial charge on any atom is 0.266 e. The van der Waals surface area contributed by atoms with Crippen LogP contribution in [0.5, 0.6) is 5.75 Å². The van der Waals surface area contributed by atoms with Crippen LogP contribution in [0.2, 0.25) is 10.0 Å². The molecule has 4 rings (SSSR count). The first kappa shape index (κ1) is 28.0. The van der Waals surface area contributed by atoms with E-state index in [1.165, 1.54) is 17.8 Å². The molecule has 0 N–H and O–H groups in total. The van der Waals surface area contributed by atoms with Gasteiger partial charge in [-0.05, 0) is 71.8 Å². The Kier molecular flexibility index (Phi) is 9.03. The molecule has 3 aromatic rings. The summed E-state index contributed by atoms with van der Waals surface area (Å²) < 4.78 is 19.7. The van der Waals surface area contributed by atoms with E-state index in [1.807, 2.05) is 43.3 Å². The molecule has 9 heteroatoms. The molecular weight excluding hydrogens is 544 g/mol. The van der Waals surface area contributed by atoms with Gasteiger partial charge >= 0.3 is 0 Å². The molecule has 38 heavy (non-hydrogen) atoms. The number of carbonyl (C=O) groups excluding carboxylic acids is 1. The summed E-state index contributed by atoms with van der Waals surface area (Å²) in [6.45, 7) is 4.65. The quantitative estimate of drug-likeness (QED) is 0.256. The van der Waals surface area contributed by atoms with E-state index in [9.17, 15) is 9.18 Å². The van der Waals surface area contributed by atoms with Crippen molar-refractivity contribution in [3.63, 3.8) is 0 Å². The van der Waals surface area contributed by atoms with Crippen molar-refractivity contribution in [2.45, 2.75) is 20.5 Å². The van der Waals surface area contributed by atoms with Crippen LogP contribution in [0.1, 0.15) is 25.0 Å². The molecular formula is C29H28Cl2FN3O2S. The number of hydrogen-bond acceptors (Lipinski definition) is 5. The normalized spacial score (nSPS) is 15.7. The van der Waals surface area contributed by atoms with Crippen LogP contribution in [0.25, 0.3) is 6.08 Å². The number of anilines is 1. The van der Waals surface area contributed by atoms with Gasteiger partial charge in [-0.25, -0.2) is 9.38 Å². The van der Waals surface area contributed by atoms with Gasteiger partial charge in [-0.1, -0.05) is 55.2 Å². The van der Waals surface area contributed by atoms with E-state index in [2.05, 4.69) is 13.8 Å². The average molecular weight is 573 g/mol. The predicted octanol–water partition coefficient (Wildman–Crippen LogP) is 8.04. The SMILES string of the molecule is CC(C)CN1C(=O)/C(=C/c2cc(Cl)c(OCc3ccccc3F)c(Cl)c2)SC1=Nc1ccc(N(C)C)cc1. The number of rotatable bonds is 8. The van der Waals surface area contributed by atoms with E-state index in [4.69, 9.17) is 32.9 Å². The Morgan fingerprint density at radius 3 is 2.34 bits per heavy atom. The Labute approximate surface area is 236 Å². The highest BCUT2D eigenvalue weighted by molar-refractivity contribution is 8.18. The van der Waals surface area contributed by atoms with Gasteiger partial charge in [0.05, 0.1) is 20.6 Å². The third-order valence-corrected chi connectivity index (χ3v) is 7.24. The van der Waals surface area contributed by atoms with E-state index in [0.717, 1.165) is 11.4 Å². The van der Waals surface area contributed by atoms with E-state index in [0.29, 0.717) is 27.7 Å². The van der Waals surface area contributed by atoms with Crippen LogP contribution < -0.4 is 9.64 Å². The average Bonchev–Trinajstić information content (AvgIpc) is 3.13. The number of thioether (sulfide) groups is 1. The van der Waals surface area contributed by atoms with Crippen LogP contribution in [-0.4, -0.2) is 36.6 Å². The zero-order valence-electron chi connectivity index (χ0n) is 21.5. The summed E-state index contributed by atoms with van der Waals surface area (Å²) in [5, 5.41) is 1.16. The lowest BCUT2D eigenvalue weighted by Crippen LogP contribution is -2.32. The highest BCUT2D eigenvalue weighted by Gasteiger charge is 2.33. The van der Waals surface area contributed by atoms with Gasteiger partial charge < -0.3 is 9.64 Å². The molecule has 0 bridgehead atoms. The highest BCUT2D eigenvalue weighted by atomic mass is 35.5. The first-order valence-corrected chi connectivity index (χ1v) is 13.6. The third kappa shape index (κ3) is 6.70. The first-order valence-electron chi connectivity index (χ1n) is 12.0. The van der Waals surface area contributed by atoms with Crippen molar-refractivity contribution >= 4 is 63.5 Å². The minimum absolute atomic E-state index is 0.0135. The summed E-state index contributed by atoms with van der Waals surface area (Å²) in [5.74, 6) is 0.0263. The summed E-state index contributed by atoms with van der Waals surface area (Å²) in [4.78, 5) is 22.3. The number of hydrogen-bond donors (Lipinski definition) is 0. The Bertz CT molecular complexity index is 1370. The van der Waals surface area contributed by atoms with Crippen LogP contribution in [0.15, 0.2) is 70.6 Å². The molecule has 198 valence electrons. The smallest absolute Gasteiger partial charge is 0.266 e. The lowest BCUT2D eigenvalue weighted by molar-refractivity contribution is -0.122. The fourth-order valence-electron chi connectivity index (χ4n) is 3.77. The summed E-state index contributed by atoms with van der Waals surface area (Å²) in [6.07, 6.45) is 1.75. The first-order chi connectivity index (χ1) is 18.1. The Hall–Kier alpha value is -3.00. The zero-order valence-corrected chi connectivity index (χ0v) is 23.9. The number of amides is 1. The molecule has 0 saturated carbocycles. The number of amidine groups is 1. The standard InChI is InChI=1S/C29H28Cl2FN3O2S/c1-18(2)16-35-28(36)26(38-29(35)33-21-9-11-22(12-10-21)34(3)4)15-19-13-23(30)27(24(31)14-19)37-17-20-7-5-6-8-25(20)32/h5-15,18H,16-17H2,1-4H3/b26-15-,33-29?. The Balaban J connectivity index is 1.58. The highest BCUT2D eigenvalue weighted by Crippen LogP contribution is 2.39. The van der Waals surface area contributed by atoms with Crippen molar-refractivity contribution < 1.29 is 13.9 Å². The van der Waals surface area contributed by atoms with Crippen LogP contribution in [-0.2, 0) is 11.4 Å². The van der Waals surface area contributed by atoms with Crippen molar-refractivity contribution in [3.05, 3.63) is 92.6 Å². The lowest BCUT2D eigenvalue weighted by Gasteiger charge is -2.18. The van der Waals surface area contributed by atoms with Gasteiger partial charge in [0, 0.05) is 31.9 Å². The van der Waals surface area contributed by atoms with Crippen LogP contribution >= 0.6 is 35.0 Å². The second kappa shape index (κ2) is 12.2. The molecule has 0 aliphatic carbocycles. The van der Waals surface area contributed by atoms with Crippen molar-refractivity contribution in [1.82, 2.24) is 4.90 Å². The summed E-state index contributed by atoms with van der Waals surface area (Å²) in [6, 6.07) is 17.5. The third-order valence-electron chi connectivity index (χ3n) is 5.67. The molecule has 0 spiro atoms.